The highest BCUT2D eigenvalue weighted by Crippen LogP contribution is 2.70. The van der Waals surface area contributed by atoms with Crippen molar-refractivity contribution in [3.63, 3.8) is 0 Å². The van der Waals surface area contributed by atoms with Gasteiger partial charge in [0.1, 0.15) is 0 Å². The van der Waals surface area contributed by atoms with Gasteiger partial charge in [0.2, 0.25) is 0 Å². The second-order valence-electron chi connectivity index (χ2n) is 7.26. The summed E-state index contributed by atoms with van der Waals surface area (Å²) in [6.45, 7) is 5.44. The van der Waals surface area contributed by atoms with Crippen molar-refractivity contribution in [3.05, 3.63) is 29.6 Å². The van der Waals surface area contributed by atoms with Crippen molar-refractivity contribution in [3.8, 4) is 0 Å². The monoisotopic (exact) mass is 270 g/mol. The summed E-state index contributed by atoms with van der Waals surface area (Å²) >= 11 is 0. The predicted molar refractivity (Wildman–Crippen MR) is 81.4 cm³/mol. The van der Waals surface area contributed by atoms with Gasteiger partial charge in [-0.2, -0.15) is 0 Å². The highest BCUT2D eigenvalue weighted by atomic mass is 14.9. The largest absolute Gasteiger partial charge is 0.314 e. The number of aromatic nitrogens is 1. The smallest absolute Gasteiger partial charge is 0.0419 e. The summed E-state index contributed by atoms with van der Waals surface area (Å²) in [6.07, 6.45) is 7.71. The fourth-order valence-electron chi connectivity index (χ4n) is 5.38. The lowest BCUT2D eigenvalue weighted by atomic mass is 9.94. The Morgan fingerprint density at radius 3 is 2.60 bits per heavy atom. The van der Waals surface area contributed by atoms with E-state index in [1.54, 1.807) is 6.42 Å². The van der Waals surface area contributed by atoms with Crippen LogP contribution < -0.4 is 5.32 Å². The number of likely N-dealkylation sites (N-methyl/N-ethyl adjacent to an activating group) is 1. The zero-order chi connectivity index (χ0) is 13.7. The minimum absolute atomic E-state index is 0.661. The van der Waals surface area contributed by atoms with Crippen molar-refractivity contribution >= 4 is 0 Å². The Kier molecular flexibility index (Phi) is 3.10. The van der Waals surface area contributed by atoms with Gasteiger partial charge in [-0.15, -0.1) is 0 Å². The fraction of sp³-hybridized carbons (Fsp3) is 0.722. The molecule has 20 heavy (non-hydrogen) atoms. The van der Waals surface area contributed by atoms with Gasteiger partial charge in [-0.1, -0.05) is 13.0 Å². The third-order valence-electron chi connectivity index (χ3n) is 6.13. The molecule has 2 heteroatoms. The van der Waals surface area contributed by atoms with E-state index >= 15 is 0 Å². The van der Waals surface area contributed by atoms with Crippen LogP contribution in [-0.2, 0) is 6.42 Å². The van der Waals surface area contributed by atoms with E-state index in [1.807, 2.05) is 6.20 Å². The summed E-state index contributed by atoms with van der Waals surface area (Å²) in [7, 11) is 0. The minimum Gasteiger partial charge on any atom is -0.314 e. The van der Waals surface area contributed by atoms with Gasteiger partial charge in [-0.3, -0.25) is 4.98 Å². The Balaban J connectivity index is 1.47. The number of hydrogen-bond acceptors (Lipinski definition) is 2. The molecule has 108 valence electrons. The summed E-state index contributed by atoms with van der Waals surface area (Å²) in [5.41, 5.74) is 2.52. The molecule has 0 aliphatic heterocycles. The van der Waals surface area contributed by atoms with Gasteiger partial charge in [-0.25, -0.2) is 0 Å². The lowest BCUT2D eigenvalue weighted by molar-refractivity contribution is 0.364. The quantitative estimate of drug-likeness (QED) is 0.888. The Bertz CT molecular complexity index is 465. The maximum Gasteiger partial charge on any atom is 0.0419 e. The molecule has 1 aromatic heterocycles. The zero-order valence-corrected chi connectivity index (χ0v) is 12.7. The van der Waals surface area contributed by atoms with Crippen LogP contribution in [0.15, 0.2) is 18.3 Å². The minimum atomic E-state index is 0.661. The highest BCUT2D eigenvalue weighted by Gasteiger charge is 2.66. The third-order valence-corrected chi connectivity index (χ3v) is 6.13. The van der Waals surface area contributed by atoms with E-state index in [1.165, 1.54) is 24.1 Å². The summed E-state index contributed by atoms with van der Waals surface area (Å²) < 4.78 is 0. The van der Waals surface area contributed by atoms with E-state index in [0.29, 0.717) is 6.04 Å². The van der Waals surface area contributed by atoms with Crippen LogP contribution in [0.4, 0.5) is 0 Å². The molecule has 5 atom stereocenters. The Labute approximate surface area is 122 Å². The van der Waals surface area contributed by atoms with Crippen LogP contribution in [0.2, 0.25) is 0 Å². The standard InChI is InChI=1S/C18H26N2/c1-3-19-15(9-14-7-4-11(2)10-20-14)18-16-12-5-6-13(8-12)17(16)18/h4,7,10,12-13,15-19H,3,5-6,8-9H2,1-2H3. The Morgan fingerprint density at radius 2 is 2.00 bits per heavy atom. The first-order chi connectivity index (χ1) is 9.78. The number of nitrogens with one attached hydrogen (secondary N) is 1. The topological polar surface area (TPSA) is 24.9 Å². The summed E-state index contributed by atoms with van der Waals surface area (Å²) in [5.74, 6) is 5.21. The van der Waals surface area contributed by atoms with E-state index in [4.69, 9.17) is 0 Å². The van der Waals surface area contributed by atoms with Crippen LogP contribution in [0.3, 0.4) is 0 Å². The molecule has 0 amide bonds. The SMILES string of the molecule is CCNC(Cc1ccc(C)cn1)C1C2C3CCC(C3)C21. The number of aryl methyl sites for hydroxylation is 1. The molecular weight excluding hydrogens is 244 g/mol. The lowest BCUT2D eigenvalue weighted by Crippen LogP contribution is -2.35. The molecule has 3 saturated carbocycles. The average Bonchev–Trinajstić information content (AvgIpc) is 2.88. The Morgan fingerprint density at radius 1 is 1.25 bits per heavy atom. The lowest BCUT2D eigenvalue weighted by Gasteiger charge is -2.21. The van der Waals surface area contributed by atoms with Gasteiger partial charge in [0.15, 0.2) is 0 Å². The van der Waals surface area contributed by atoms with Crippen molar-refractivity contribution < 1.29 is 0 Å². The van der Waals surface area contributed by atoms with Crippen LogP contribution in [0.25, 0.3) is 0 Å². The van der Waals surface area contributed by atoms with E-state index in [-0.39, 0.29) is 0 Å². The molecule has 0 aromatic carbocycles. The molecule has 2 nitrogen and oxygen atoms in total. The zero-order valence-electron chi connectivity index (χ0n) is 12.7. The molecule has 0 saturated heterocycles. The number of hydrogen-bond donors (Lipinski definition) is 1. The molecule has 5 unspecified atom stereocenters. The first-order valence-corrected chi connectivity index (χ1v) is 8.43. The number of nitrogens with zero attached hydrogens (tertiary/aromatic N) is 1. The van der Waals surface area contributed by atoms with E-state index in [9.17, 15) is 0 Å². The molecule has 0 radical (unpaired) electrons. The maximum absolute atomic E-state index is 4.62. The molecule has 4 rings (SSSR count). The second-order valence-corrected chi connectivity index (χ2v) is 7.26. The first-order valence-electron chi connectivity index (χ1n) is 8.43. The molecule has 3 aliphatic rings. The molecule has 3 fully saturated rings. The van der Waals surface area contributed by atoms with Crippen LogP contribution in [0, 0.1) is 36.5 Å². The van der Waals surface area contributed by atoms with Gasteiger partial charge in [-0.05, 0) is 74.0 Å². The van der Waals surface area contributed by atoms with E-state index in [2.05, 4.69) is 36.3 Å². The summed E-state index contributed by atoms with van der Waals surface area (Å²) in [6, 6.07) is 5.07. The van der Waals surface area contributed by atoms with Crippen LogP contribution in [-0.4, -0.2) is 17.6 Å². The van der Waals surface area contributed by atoms with Crippen molar-refractivity contribution in [2.75, 3.05) is 6.54 Å². The van der Waals surface area contributed by atoms with E-state index < -0.39 is 0 Å². The predicted octanol–water partition coefficient (Wildman–Crippen LogP) is 3.20. The Hall–Kier alpha value is -0.890. The molecule has 1 N–H and O–H groups in total. The van der Waals surface area contributed by atoms with E-state index in [0.717, 1.165) is 42.6 Å². The number of pyridine rings is 1. The third kappa shape index (κ3) is 2.00. The highest BCUT2D eigenvalue weighted by molar-refractivity contribution is 5.19. The first kappa shape index (κ1) is 12.8. The van der Waals surface area contributed by atoms with Crippen molar-refractivity contribution in [1.82, 2.24) is 10.3 Å². The average molecular weight is 270 g/mol. The fourth-order valence-corrected chi connectivity index (χ4v) is 5.38. The van der Waals surface area contributed by atoms with Crippen molar-refractivity contribution in [2.45, 2.75) is 45.6 Å². The van der Waals surface area contributed by atoms with Crippen LogP contribution in [0.5, 0.6) is 0 Å². The number of fused-ring (bicyclic) bond motifs is 5. The van der Waals surface area contributed by atoms with Gasteiger partial charge in [0.05, 0.1) is 0 Å². The molecular formula is C18H26N2. The maximum atomic E-state index is 4.62. The summed E-state index contributed by atoms with van der Waals surface area (Å²) in [5, 5.41) is 3.77. The van der Waals surface area contributed by atoms with Crippen molar-refractivity contribution in [1.29, 1.82) is 0 Å². The number of rotatable bonds is 5. The normalized spacial score (nSPS) is 38.8. The van der Waals surface area contributed by atoms with Crippen LogP contribution >= 0.6 is 0 Å². The van der Waals surface area contributed by atoms with Gasteiger partial charge >= 0.3 is 0 Å². The summed E-state index contributed by atoms with van der Waals surface area (Å²) in [4.78, 5) is 4.62. The molecule has 0 spiro atoms. The van der Waals surface area contributed by atoms with Gasteiger partial charge in [0.25, 0.3) is 0 Å². The molecule has 1 heterocycles. The molecule has 2 bridgehead atoms. The van der Waals surface area contributed by atoms with Crippen LogP contribution in [0.1, 0.15) is 37.4 Å². The second kappa shape index (κ2) is 4.84. The molecule has 1 aromatic rings. The van der Waals surface area contributed by atoms with Crippen molar-refractivity contribution in [2.24, 2.45) is 29.6 Å². The van der Waals surface area contributed by atoms with Gasteiger partial charge in [0, 0.05) is 24.4 Å². The van der Waals surface area contributed by atoms with Gasteiger partial charge < -0.3 is 5.32 Å². The molecule has 3 aliphatic carbocycles.